The highest BCUT2D eigenvalue weighted by Crippen LogP contribution is 2.23. The summed E-state index contributed by atoms with van der Waals surface area (Å²) in [6, 6.07) is -9.96. The van der Waals surface area contributed by atoms with E-state index in [9.17, 15) is 58.2 Å². The Bertz CT molecular complexity index is 1660. The minimum atomic E-state index is -1.58. The molecule has 0 bridgehead atoms. The molecule has 1 unspecified atom stereocenters. The van der Waals surface area contributed by atoms with Crippen molar-refractivity contribution in [3.05, 3.63) is 0 Å². The predicted octanol–water partition coefficient (Wildman–Crippen LogP) is -4.25. The minimum absolute atomic E-state index is 0.122. The molecule has 9 atom stereocenters. The molecule has 14 N–H and O–H groups in total. The van der Waals surface area contributed by atoms with Crippen LogP contribution < -0.4 is 43.8 Å². The largest absolute Gasteiger partial charge is 0.481 e. The second-order valence-electron chi connectivity index (χ2n) is 15.7. The first-order valence-corrected chi connectivity index (χ1v) is 20.4. The Kier molecular flexibility index (Phi) is 22.5. The van der Waals surface area contributed by atoms with Crippen LogP contribution in [-0.2, 0) is 52.7 Å². The molecule has 350 valence electrons. The summed E-state index contributed by atoms with van der Waals surface area (Å²) in [5, 5.41) is 39.6. The quantitative estimate of drug-likeness (QED) is 0.0491. The number of carbonyl (C=O) groups is 11. The van der Waals surface area contributed by atoms with Crippen molar-refractivity contribution in [3.63, 3.8) is 0 Å². The van der Waals surface area contributed by atoms with Gasteiger partial charge in [0.25, 0.3) is 5.97 Å². The number of aliphatic hydroxyl groups is 1. The van der Waals surface area contributed by atoms with E-state index < -0.39 is 138 Å². The molecule has 0 aliphatic carbocycles. The van der Waals surface area contributed by atoms with Crippen LogP contribution in [-0.4, -0.2) is 158 Å². The molecule has 0 aromatic carbocycles. The third-order valence-electron chi connectivity index (χ3n) is 10.3. The Morgan fingerprint density at radius 1 is 0.677 bits per heavy atom. The fraction of sp³-hybridized carbons (Fsp3) is 0.711. The van der Waals surface area contributed by atoms with E-state index in [2.05, 4.69) is 26.6 Å². The zero-order valence-corrected chi connectivity index (χ0v) is 36.0. The molecular weight excluding hydrogens is 820 g/mol. The van der Waals surface area contributed by atoms with Gasteiger partial charge in [0.1, 0.15) is 42.3 Å². The van der Waals surface area contributed by atoms with Crippen LogP contribution in [0.3, 0.4) is 0 Å². The average molecular weight is 885 g/mol. The lowest BCUT2D eigenvalue weighted by atomic mass is 9.96. The topological polar surface area (TPSA) is 393 Å². The molecule has 0 spiro atoms. The second kappa shape index (κ2) is 25.8. The van der Waals surface area contributed by atoms with Gasteiger partial charge in [0.05, 0.1) is 19.1 Å². The lowest BCUT2D eigenvalue weighted by molar-refractivity contribution is -0.145. The van der Waals surface area contributed by atoms with Crippen LogP contribution in [0.1, 0.15) is 92.9 Å². The number of amides is 9. The molecule has 24 heteroatoms. The molecular formula is C38H64N10O14. The van der Waals surface area contributed by atoms with Crippen molar-refractivity contribution < 1.29 is 68.1 Å². The van der Waals surface area contributed by atoms with Crippen LogP contribution in [0.2, 0.25) is 0 Å². The number of hydrogen-bond acceptors (Lipinski definition) is 13. The summed E-state index contributed by atoms with van der Waals surface area (Å²) in [5.41, 5.74) is 15.9. The molecule has 2 fully saturated rings. The number of rotatable bonds is 22. The number of carboxylic acids is 2. The highest BCUT2D eigenvalue weighted by molar-refractivity contribution is 5.98. The van der Waals surface area contributed by atoms with Crippen molar-refractivity contribution in [3.8, 4) is 0 Å². The fourth-order valence-corrected chi connectivity index (χ4v) is 6.71. The van der Waals surface area contributed by atoms with Crippen LogP contribution in [0.5, 0.6) is 0 Å². The van der Waals surface area contributed by atoms with Crippen LogP contribution in [0, 0.1) is 11.8 Å². The first kappa shape index (κ1) is 54.1. The number of carboxylic acid groups (broad SMARTS) is 2. The van der Waals surface area contributed by atoms with E-state index in [-0.39, 0.29) is 38.8 Å². The minimum Gasteiger partial charge on any atom is -0.481 e. The number of carbonyl (C=O) groups excluding carboxylic acids is 9. The van der Waals surface area contributed by atoms with Crippen LogP contribution in [0.25, 0.3) is 0 Å². The van der Waals surface area contributed by atoms with Gasteiger partial charge in [-0.3, -0.25) is 47.9 Å². The molecule has 9 amide bonds. The summed E-state index contributed by atoms with van der Waals surface area (Å²) in [6.45, 7) is 8.57. The van der Waals surface area contributed by atoms with Gasteiger partial charge in [-0.15, -0.1) is 0 Å². The standard InChI is InChI=1S/C36H60N10O12.C2H4O2/c1-6-18(4)28(35(56)46-14-8-9-23(46)31(52)41-21(36(57)58)11-12-25(38)48)44-30(51)22(16-47)42-33(54)27(17(2)3)43-32(53)24-10-7-13-45(24)34(55)19(5)40-29(50)20(37)15-26(39)49;1-2(3)4/h17-24,27-28,47H,6-16,37H2,1-5H3,(H2,38,48)(H2,39,49)(H,40,50)(H,41,52)(H,42,54)(H,43,53)(H,44,51)(H,57,58);1H3,(H,3,4)/t18-,19-,20-,21-,22-,23?,24-,27-,28-;/m0./s1. The molecule has 2 rings (SSSR count). The van der Waals surface area contributed by atoms with Gasteiger partial charge < -0.3 is 68.9 Å². The maximum atomic E-state index is 13.9. The SMILES string of the molecule is CC(=O)O.CC[C@H](C)[C@H](NC(=O)[C@H](CO)NC(=O)[C@@H](NC(=O)[C@@H]1CCCN1C(=O)[C@H](C)NC(=O)[C@@H](N)CC(N)=O)C(C)C)C(=O)N1CCCC1C(=O)N[C@@H](CCC(N)=O)C(=O)O. The van der Waals surface area contributed by atoms with Gasteiger partial charge in [0.15, 0.2) is 0 Å². The summed E-state index contributed by atoms with van der Waals surface area (Å²) < 4.78 is 0. The van der Waals surface area contributed by atoms with E-state index >= 15 is 0 Å². The second-order valence-corrected chi connectivity index (χ2v) is 15.7. The molecule has 0 radical (unpaired) electrons. The number of primary amides is 2. The number of nitrogens with two attached hydrogens (primary N) is 3. The van der Waals surface area contributed by atoms with Crippen molar-refractivity contribution in [2.45, 2.75) is 141 Å². The van der Waals surface area contributed by atoms with Crippen molar-refractivity contribution in [2.24, 2.45) is 29.0 Å². The molecule has 0 aromatic rings. The third kappa shape index (κ3) is 16.9. The number of nitrogens with zero attached hydrogens (tertiary/aromatic N) is 2. The Hall–Kier alpha value is -5.91. The van der Waals surface area contributed by atoms with Gasteiger partial charge in [0, 0.05) is 26.4 Å². The summed E-state index contributed by atoms with van der Waals surface area (Å²) in [7, 11) is 0. The summed E-state index contributed by atoms with van der Waals surface area (Å²) in [5.74, 6) is -10.1. The van der Waals surface area contributed by atoms with Gasteiger partial charge in [-0.2, -0.15) is 0 Å². The van der Waals surface area contributed by atoms with Crippen molar-refractivity contribution in [2.75, 3.05) is 19.7 Å². The predicted molar refractivity (Wildman–Crippen MR) is 217 cm³/mol. The van der Waals surface area contributed by atoms with E-state index in [0.29, 0.717) is 19.3 Å². The number of hydrogen-bond donors (Lipinski definition) is 11. The molecule has 2 saturated heterocycles. The molecule has 62 heavy (non-hydrogen) atoms. The van der Waals surface area contributed by atoms with E-state index in [1.807, 2.05) is 0 Å². The summed E-state index contributed by atoms with van der Waals surface area (Å²) in [6.07, 6.45) is 0.695. The number of aliphatic hydroxyl groups excluding tert-OH is 1. The number of aliphatic carboxylic acids is 2. The molecule has 2 heterocycles. The van der Waals surface area contributed by atoms with Crippen molar-refractivity contribution in [1.82, 2.24) is 36.4 Å². The monoisotopic (exact) mass is 884 g/mol. The molecule has 0 saturated carbocycles. The van der Waals surface area contributed by atoms with Crippen molar-refractivity contribution >= 4 is 65.1 Å². The Balaban J connectivity index is 0.00000459. The third-order valence-corrected chi connectivity index (χ3v) is 10.3. The number of nitrogens with one attached hydrogen (secondary N) is 5. The molecule has 2 aliphatic rings. The van der Waals surface area contributed by atoms with E-state index in [0.717, 1.165) is 6.92 Å². The van der Waals surface area contributed by atoms with Crippen LogP contribution >= 0.6 is 0 Å². The van der Waals surface area contributed by atoms with Gasteiger partial charge >= 0.3 is 5.97 Å². The fourth-order valence-electron chi connectivity index (χ4n) is 6.71. The highest BCUT2D eigenvalue weighted by Gasteiger charge is 2.42. The van der Waals surface area contributed by atoms with Gasteiger partial charge in [-0.1, -0.05) is 34.1 Å². The molecule has 24 nitrogen and oxygen atoms in total. The first-order valence-electron chi connectivity index (χ1n) is 20.4. The Labute approximate surface area is 359 Å². The first-order chi connectivity index (χ1) is 28.9. The Morgan fingerprint density at radius 2 is 1.19 bits per heavy atom. The highest BCUT2D eigenvalue weighted by atomic mass is 16.4. The normalized spacial score (nSPS) is 19.2. The maximum absolute atomic E-state index is 13.9. The maximum Gasteiger partial charge on any atom is 0.326 e. The molecule has 2 aliphatic heterocycles. The summed E-state index contributed by atoms with van der Waals surface area (Å²) >= 11 is 0. The summed E-state index contributed by atoms with van der Waals surface area (Å²) in [4.78, 5) is 139. The molecule has 0 aromatic heterocycles. The van der Waals surface area contributed by atoms with E-state index in [4.69, 9.17) is 27.1 Å². The lowest BCUT2D eigenvalue weighted by Crippen LogP contribution is -2.62. The van der Waals surface area contributed by atoms with Crippen LogP contribution in [0.4, 0.5) is 0 Å². The van der Waals surface area contributed by atoms with Gasteiger partial charge in [-0.05, 0) is 50.9 Å². The average Bonchev–Trinajstić information content (AvgIpc) is 3.89. The van der Waals surface area contributed by atoms with Gasteiger partial charge in [-0.25, -0.2) is 4.79 Å². The zero-order valence-electron chi connectivity index (χ0n) is 36.0. The van der Waals surface area contributed by atoms with E-state index in [1.165, 1.54) is 16.7 Å². The van der Waals surface area contributed by atoms with Crippen molar-refractivity contribution in [1.29, 1.82) is 0 Å². The van der Waals surface area contributed by atoms with Crippen LogP contribution in [0.15, 0.2) is 0 Å². The zero-order chi connectivity index (χ0) is 47.6. The van der Waals surface area contributed by atoms with Gasteiger partial charge in [0.2, 0.25) is 53.2 Å². The Morgan fingerprint density at radius 3 is 1.65 bits per heavy atom. The van der Waals surface area contributed by atoms with E-state index in [1.54, 1.807) is 27.7 Å². The smallest absolute Gasteiger partial charge is 0.326 e. The number of likely N-dealkylation sites (tertiary alicyclic amines) is 2. The lowest BCUT2D eigenvalue weighted by Gasteiger charge is -2.33.